The normalized spacial score (nSPS) is 16.0. The summed E-state index contributed by atoms with van der Waals surface area (Å²) < 4.78 is 27.8. The molecule has 3 N–H and O–H groups in total. The largest absolute Gasteiger partial charge is 0.335 e. The number of piperazine rings is 1. The standard InChI is InChI=1S/C18H20Cl2N4O3S/c1-23-8-10-24(11-9-23)21-18(25)16-12-15(6-7-17(16)20)28(26,27)22-14-4-2-13(19)3-5-14/h2-7,12,22H,8-11H2,1H3,(H,21,25)/p+1. The first-order chi connectivity index (χ1) is 13.2. The number of carbonyl (C=O) groups is 1. The number of halogens is 2. The number of likely N-dealkylation sites (N-methyl/N-ethyl adjacent to an activating group) is 1. The highest BCUT2D eigenvalue weighted by Gasteiger charge is 2.22. The molecule has 1 saturated heterocycles. The van der Waals surface area contributed by atoms with Crippen LogP contribution in [0, 0.1) is 0 Å². The maximum Gasteiger partial charge on any atom is 0.267 e. The van der Waals surface area contributed by atoms with Crippen molar-refractivity contribution in [2.24, 2.45) is 0 Å². The molecule has 0 bridgehead atoms. The zero-order valence-electron chi connectivity index (χ0n) is 15.2. The predicted molar refractivity (Wildman–Crippen MR) is 109 cm³/mol. The summed E-state index contributed by atoms with van der Waals surface area (Å²) in [4.78, 5) is 14.0. The summed E-state index contributed by atoms with van der Waals surface area (Å²) in [5, 5.41) is 2.50. The number of benzene rings is 2. The number of hydrazine groups is 1. The first-order valence-electron chi connectivity index (χ1n) is 8.70. The van der Waals surface area contributed by atoms with E-state index in [0.717, 1.165) is 13.1 Å². The van der Waals surface area contributed by atoms with Crippen LogP contribution in [0.2, 0.25) is 10.0 Å². The SMILES string of the molecule is C[NH+]1CCN(NC(=O)c2cc(S(=O)(=O)Nc3ccc(Cl)cc3)ccc2Cl)CC1. The summed E-state index contributed by atoms with van der Waals surface area (Å²) in [6.07, 6.45) is 0. The van der Waals surface area contributed by atoms with Crippen LogP contribution < -0.4 is 15.0 Å². The maximum atomic E-state index is 12.7. The van der Waals surface area contributed by atoms with Gasteiger partial charge in [0.25, 0.3) is 15.9 Å². The number of sulfonamides is 1. The van der Waals surface area contributed by atoms with Crippen LogP contribution >= 0.6 is 23.2 Å². The summed E-state index contributed by atoms with van der Waals surface area (Å²) in [7, 11) is -1.79. The van der Waals surface area contributed by atoms with E-state index in [1.807, 2.05) is 5.01 Å². The lowest BCUT2D eigenvalue weighted by molar-refractivity contribution is -0.884. The monoisotopic (exact) mass is 443 g/mol. The smallest absolute Gasteiger partial charge is 0.267 e. The molecule has 0 spiro atoms. The van der Waals surface area contributed by atoms with Gasteiger partial charge in [-0.25, -0.2) is 13.4 Å². The fraction of sp³-hybridized carbons (Fsp3) is 0.278. The number of amides is 1. The predicted octanol–water partition coefficient (Wildman–Crippen LogP) is 1.27. The minimum atomic E-state index is -3.89. The summed E-state index contributed by atoms with van der Waals surface area (Å²) in [6.45, 7) is 3.25. The third-order valence-corrected chi connectivity index (χ3v) is 6.43. The molecule has 150 valence electrons. The molecule has 1 amide bonds. The number of quaternary nitrogens is 1. The number of anilines is 1. The summed E-state index contributed by atoms with van der Waals surface area (Å²) in [5.41, 5.74) is 3.27. The molecule has 1 aliphatic rings. The summed E-state index contributed by atoms with van der Waals surface area (Å²) in [5.74, 6) is -0.437. The molecule has 0 aromatic heterocycles. The van der Waals surface area contributed by atoms with Crippen molar-refractivity contribution in [2.45, 2.75) is 4.90 Å². The van der Waals surface area contributed by atoms with Gasteiger partial charge >= 0.3 is 0 Å². The Morgan fingerprint density at radius 3 is 2.36 bits per heavy atom. The lowest BCUT2D eigenvalue weighted by Gasteiger charge is -2.30. The zero-order valence-corrected chi connectivity index (χ0v) is 17.5. The van der Waals surface area contributed by atoms with Crippen LogP contribution in [-0.2, 0) is 10.0 Å². The Labute approximate surface area is 174 Å². The first kappa shape index (κ1) is 20.9. The van der Waals surface area contributed by atoms with E-state index in [0.29, 0.717) is 23.8 Å². The number of hydrogen-bond acceptors (Lipinski definition) is 4. The Morgan fingerprint density at radius 2 is 1.71 bits per heavy atom. The first-order valence-corrected chi connectivity index (χ1v) is 10.9. The van der Waals surface area contributed by atoms with E-state index in [-0.39, 0.29) is 15.5 Å². The van der Waals surface area contributed by atoms with Crippen molar-refractivity contribution in [2.75, 3.05) is 37.9 Å². The summed E-state index contributed by atoms with van der Waals surface area (Å²) in [6, 6.07) is 10.3. The molecule has 0 radical (unpaired) electrons. The number of nitrogens with zero attached hydrogens (tertiary/aromatic N) is 1. The minimum Gasteiger partial charge on any atom is -0.335 e. The highest BCUT2D eigenvalue weighted by atomic mass is 35.5. The molecule has 7 nitrogen and oxygen atoms in total. The Kier molecular flexibility index (Phi) is 6.47. The van der Waals surface area contributed by atoms with Gasteiger partial charge in [-0.2, -0.15) is 0 Å². The van der Waals surface area contributed by atoms with Crippen molar-refractivity contribution in [1.82, 2.24) is 10.4 Å². The van der Waals surface area contributed by atoms with Gasteiger partial charge in [0, 0.05) is 10.7 Å². The van der Waals surface area contributed by atoms with Gasteiger partial charge < -0.3 is 4.90 Å². The van der Waals surface area contributed by atoms with Crippen molar-refractivity contribution >= 4 is 44.8 Å². The lowest BCUT2D eigenvalue weighted by atomic mass is 10.2. The second-order valence-corrected chi connectivity index (χ2v) is 9.17. The highest BCUT2D eigenvalue weighted by molar-refractivity contribution is 7.92. The molecule has 3 rings (SSSR count). The second-order valence-electron chi connectivity index (χ2n) is 6.64. The highest BCUT2D eigenvalue weighted by Crippen LogP contribution is 2.23. The minimum absolute atomic E-state index is 0.0557. The van der Waals surface area contributed by atoms with E-state index in [9.17, 15) is 13.2 Å². The Hall–Kier alpha value is -1.84. The Bertz CT molecular complexity index is 959. The molecule has 2 aromatic rings. The molecule has 2 aromatic carbocycles. The molecule has 0 unspecified atom stereocenters. The lowest BCUT2D eigenvalue weighted by Crippen LogP contribution is -3.12. The van der Waals surface area contributed by atoms with Gasteiger partial charge in [0.2, 0.25) is 0 Å². The number of nitrogens with one attached hydrogen (secondary N) is 3. The molecule has 1 heterocycles. The van der Waals surface area contributed by atoms with Gasteiger partial charge in [-0.1, -0.05) is 23.2 Å². The average molecular weight is 444 g/mol. The van der Waals surface area contributed by atoms with E-state index >= 15 is 0 Å². The van der Waals surface area contributed by atoms with E-state index in [1.165, 1.54) is 23.1 Å². The quantitative estimate of drug-likeness (QED) is 0.649. The number of rotatable bonds is 5. The number of carbonyl (C=O) groups excluding carboxylic acids is 1. The molecule has 1 aliphatic heterocycles. The van der Waals surface area contributed by atoms with Crippen LogP contribution in [0.5, 0.6) is 0 Å². The van der Waals surface area contributed by atoms with Gasteiger partial charge in [0.1, 0.15) is 0 Å². The van der Waals surface area contributed by atoms with E-state index in [2.05, 4.69) is 17.2 Å². The van der Waals surface area contributed by atoms with Crippen molar-refractivity contribution in [1.29, 1.82) is 0 Å². The second kappa shape index (κ2) is 8.67. The molecular weight excluding hydrogens is 423 g/mol. The molecule has 1 fully saturated rings. The van der Waals surface area contributed by atoms with Gasteiger partial charge in [0.15, 0.2) is 0 Å². The fourth-order valence-electron chi connectivity index (χ4n) is 2.78. The Morgan fingerprint density at radius 1 is 1.07 bits per heavy atom. The van der Waals surface area contributed by atoms with Crippen LogP contribution in [-0.4, -0.2) is 52.6 Å². The summed E-state index contributed by atoms with van der Waals surface area (Å²) >= 11 is 12.0. The van der Waals surface area contributed by atoms with E-state index < -0.39 is 15.9 Å². The van der Waals surface area contributed by atoms with Crippen LogP contribution in [0.3, 0.4) is 0 Å². The third-order valence-electron chi connectivity index (χ3n) is 4.47. The number of hydrogen-bond donors (Lipinski definition) is 3. The topological polar surface area (TPSA) is 83.0 Å². The molecule has 0 atom stereocenters. The van der Waals surface area contributed by atoms with Crippen molar-refractivity contribution in [3.05, 3.63) is 58.1 Å². The van der Waals surface area contributed by atoms with Gasteiger partial charge in [-0.15, -0.1) is 0 Å². The van der Waals surface area contributed by atoms with E-state index in [4.69, 9.17) is 23.2 Å². The molecule has 0 saturated carbocycles. The van der Waals surface area contributed by atoms with Crippen molar-refractivity contribution in [3.8, 4) is 0 Å². The fourth-order valence-corrected chi connectivity index (χ4v) is 4.20. The van der Waals surface area contributed by atoms with Gasteiger partial charge in [-0.05, 0) is 42.5 Å². The van der Waals surface area contributed by atoms with Gasteiger partial charge in [-0.3, -0.25) is 14.9 Å². The van der Waals surface area contributed by atoms with Crippen LogP contribution in [0.25, 0.3) is 0 Å². The maximum absolute atomic E-state index is 12.7. The Balaban J connectivity index is 1.78. The third kappa shape index (κ3) is 5.15. The van der Waals surface area contributed by atoms with Crippen LogP contribution in [0.15, 0.2) is 47.4 Å². The molecule has 10 heteroatoms. The van der Waals surface area contributed by atoms with Crippen LogP contribution in [0.4, 0.5) is 5.69 Å². The molecular formula is C18H21Cl2N4O3S+. The average Bonchev–Trinajstić information content (AvgIpc) is 2.65. The van der Waals surface area contributed by atoms with E-state index in [1.54, 1.807) is 24.3 Å². The van der Waals surface area contributed by atoms with Crippen LogP contribution in [0.1, 0.15) is 10.4 Å². The van der Waals surface area contributed by atoms with Crippen molar-refractivity contribution < 1.29 is 18.1 Å². The van der Waals surface area contributed by atoms with Gasteiger partial charge in [0.05, 0.1) is 48.7 Å². The molecule has 28 heavy (non-hydrogen) atoms. The molecule has 0 aliphatic carbocycles. The zero-order chi connectivity index (χ0) is 20.3. The van der Waals surface area contributed by atoms with Crippen molar-refractivity contribution in [3.63, 3.8) is 0 Å².